The predicted octanol–water partition coefficient (Wildman–Crippen LogP) is 4.89. The number of hydrogen-bond donors (Lipinski definition) is 1. The van der Waals surface area contributed by atoms with Gasteiger partial charge in [0.25, 0.3) is 0 Å². The molecule has 6 unspecified atom stereocenters. The molecule has 0 saturated carbocycles. The molecule has 1 N–H and O–H groups in total. The summed E-state index contributed by atoms with van der Waals surface area (Å²) in [5, 5.41) is 9.96. The smallest absolute Gasteiger partial charge is 0.0657 e. The van der Waals surface area contributed by atoms with Crippen molar-refractivity contribution < 1.29 is 0 Å². The highest BCUT2D eigenvalue weighted by atomic mass is 31.1. The second-order valence-corrected chi connectivity index (χ2v) is 14.7. The molecule has 6 atom stereocenters. The zero-order chi connectivity index (χ0) is 24.5. The summed E-state index contributed by atoms with van der Waals surface area (Å²) in [6.45, 7) is 2.16. The van der Waals surface area contributed by atoms with E-state index in [4.69, 9.17) is 0 Å². The molecule has 36 heavy (non-hydrogen) atoms. The molecule has 184 valence electrons. The molecular formula is C30H34N2P4. The summed E-state index contributed by atoms with van der Waals surface area (Å²) in [6, 6.07) is 44.5. The largest absolute Gasteiger partial charge is 0.307 e. The van der Waals surface area contributed by atoms with Crippen molar-refractivity contribution in [3.8, 4) is 0 Å². The number of benzene rings is 4. The molecule has 6 heteroatoms. The maximum absolute atomic E-state index is 4.03. The lowest BCUT2D eigenvalue weighted by molar-refractivity contribution is 0.164. The van der Waals surface area contributed by atoms with E-state index < -0.39 is 0 Å². The Hall–Kier alpha value is -1.48. The summed E-state index contributed by atoms with van der Waals surface area (Å²) in [5.41, 5.74) is 0. The van der Waals surface area contributed by atoms with E-state index in [2.05, 4.69) is 132 Å². The van der Waals surface area contributed by atoms with Gasteiger partial charge in [-0.3, -0.25) is 4.90 Å². The fourth-order valence-corrected chi connectivity index (χ4v) is 11.6. The maximum Gasteiger partial charge on any atom is 0.0657 e. The SMILES string of the molecule is c1ccc(PCN2CCNC(Pc3ccccc3)C2(CPc2ccccc2)Pc2ccccc2)cc1. The van der Waals surface area contributed by atoms with Crippen LogP contribution in [0.3, 0.4) is 0 Å². The lowest BCUT2D eigenvalue weighted by atomic mass is 10.2. The molecule has 4 aromatic carbocycles. The summed E-state index contributed by atoms with van der Waals surface area (Å²) >= 11 is 0. The van der Waals surface area contributed by atoms with E-state index in [1.54, 1.807) is 0 Å². The third kappa shape index (κ3) is 6.88. The Kier molecular flexibility index (Phi) is 9.70. The second kappa shape index (κ2) is 13.4. The maximum atomic E-state index is 4.03. The number of hydrogen-bond acceptors (Lipinski definition) is 2. The van der Waals surface area contributed by atoms with Crippen LogP contribution >= 0.6 is 34.3 Å². The molecule has 2 nitrogen and oxygen atoms in total. The summed E-state index contributed by atoms with van der Waals surface area (Å²) in [5.74, 6) is 0.434. The number of nitrogens with zero attached hydrogens (tertiary/aromatic N) is 1. The first-order valence-electron chi connectivity index (χ1n) is 12.5. The van der Waals surface area contributed by atoms with Gasteiger partial charge < -0.3 is 5.32 Å². The molecular weight excluding hydrogens is 512 g/mol. The van der Waals surface area contributed by atoms with Gasteiger partial charge in [0.15, 0.2) is 0 Å². The van der Waals surface area contributed by atoms with Crippen LogP contribution in [0, 0.1) is 0 Å². The minimum absolute atomic E-state index is 0.0873. The lowest BCUT2D eigenvalue weighted by Gasteiger charge is -2.53. The fourth-order valence-electron chi connectivity index (χ4n) is 4.70. The van der Waals surface area contributed by atoms with E-state index in [-0.39, 0.29) is 5.28 Å². The van der Waals surface area contributed by atoms with Crippen LogP contribution in [-0.2, 0) is 0 Å². The van der Waals surface area contributed by atoms with E-state index in [0.717, 1.165) is 53.7 Å². The van der Waals surface area contributed by atoms with E-state index in [9.17, 15) is 0 Å². The zero-order valence-electron chi connectivity index (χ0n) is 20.4. The van der Waals surface area contributed by atoms with Crippen LogP contribution in [0.4, 0.5) is 0 Å². The normalized spacial score (nSPS) is 21.6. The number of rotatable bonds is 10. The van der Waals surface area contributed by atoms with Gasteiger partial charge in [-0.2, -0.15) is 0 Å². The quantitative estimate of drug-likeness (QED) is 0.285. The molecule has 0 radical (unpaired) electrons. The molecule has 1 aliphatic heterocycles. The average molecular weight is 547 g/mol. The molecule has 1 saturated heterocycles. The Morgan fingerprint density at radius 1 is 0.639 bits per heavy atom. The van der Waals surface area contributed by atoms with Gasteiger partial charge in [-0.05, 0) is 27.4 Å². The second-order valence-electron chi connectivity index (χ2n) is 9.00. The van der Waals surface area contributed by atoms with Crippen LogP contribution in [-0.4, -0.2) is 41.5 Å². The summed E-state index contributed by atoms with van der Waals surface area (Å²) in [6.07, 6.45) is 2.31. The Balaban J connectivity index is 1.50. The van der Waals surface area contributed by atoms with E-state index in [1.807, 2.05) is 0 Å². The Morgan fingerprint density at radius 3 is 1.72 bits per heavy atom. The predicted molar refractivity (Wildman–Crippen MR) is 169 cm³/mol. The third-order valence-corrected chi connectivity index (χ3v) is 13.4. The van der Waals surface area contributed by atoms with Crippen molar-refractivity contribution in [3.63, 3.8) is 0 Å². The van der Waals surface area contributed by atoms with Crippen molar-refractivity contribution in [1.29, 1.82) is 0 Å². The van der Waals surface area contributed by atoms with Gasteiger partial charge in [0.1, 0.15) is 0 Å². The first-order chi connectivity index (χ1) is 17.8. The molecule has 1 heterocycles. The molecule has 0 spiro atoms. The van der Waals surface area contributed by atoms with Crippen molar-refractivity contribution in [1.82, 2.24) is 10.2 Å². The zero-order valence-corrected chi connectivity index (χ0v) is 24.4. The molecule has 1 fully saturated rings. The van der Waals surface area contributed by atoms with E-state index in [0.29, 0.717) is 5.78 Å². The summed E-state index contributed by atoms with van der Waals surface area (Å²) < 4.78 is 0. The van der Waals surface area contributed by atoms with Gasteiger partial charge in [0, 0.05) is 19.4 Å². The molecule has 5 rings (SSSR count). The Morgan fingerprint density at radius 2 is 1.14 bits per heavy atom. The topological polar surface area (TPSA) is 15.3 Å². The van der Waals surface area contributed by atoms with Gasteiger partial charge in [-0.1, -0.05) is 156 Å². The number of nitrogens with one attached hydrogen (secondary N) is 1. The standard InChI is InChI=1S/C30H34N2P4/c1-5-13-25(14-6-1)33-23-30(36-28-19-11-4-12-20-28)29(35-27-17-9-3-10-18-27)31-21-22-32(30)24-34-26-15-7-2-8-16-26/h1-20,29,31,33-36H,21-24H2. The van der Waals surface area contributed by atoms with Crippen LogP contribution in [0.5, 0.6) is 0 Å². The Labute approximate surface area is 223 Å². The minimum Gasteiger partial charge on any atom is -0.307 e. The van der Waals surface area contributed by atoms with Crippen molar-refractivity contribution in [2.24, 2.45) is 0 Å². The molecule has 1 aliphatic rings. The van der Waals surface area contributed by atoms with Gasteiger partial charge in [-0.15, -0.1) is 0 Å². The molecule has 0 amide bonds. The van der Waals surface area contributed by atoms with Crippen molar-refractivity contribution in [2.45, 2.75) is 11.1 Å². The van der Waals surface area contributed by atoms with Crippen molar-refractivity contribution >= 4 is 55.5 Å². The van der Waals surface area contributed by atoms with Crippen LogP contribution in [0.15, 0.2) is 121 Å². The molecule has 4 aromatic rings. The minimum atomic E-state index is 0.0873. The van der Waals surface area contributed by atoms with Gasteiger partial charge in [-0.25, -0.2) is 0 Å². The first-order valence-corrected chi connectivity index (χ1v) is 17.0. The van der Waals surface area contributed by atoms with E-state index >= 15 is 0 Å². The van der Waals surface area contributed by atoms with Gasteiger partial charge in [0.05, 0.1) is 11.1 Å². The van der Waals surface area contributed by atoms with Gasteiger partial charge in [0.2, 0.25) is 0 Å². The monoisotopic (exact) mass is 546 g/mol. The molecule has 0 aromatic heterocycles. The van der Waals surface area contributed by atoms with Crippen molar-refractivity contribution in [2.75, 3.05) is 25.5 Å². The molecule has 0 bridgehead atoms. The number of piperazine rings is 1. The van der Waals surface area contributed by atoms with Crippen molar-refractivity contribution in [3.05, 3.63) is 121 Å². The highest BCUT2D eigenvalue weighted by Gasteiger charge is 2.46. The van der Waals surface area contributed by atoms with E-state index in [1.165, 1.54) is 27.4 Å². The third-order valence-electron chi connectivity index (χ3n) is 6.58. The van der Waals surface area contributed by atoms with Crippen LogP contribution in [0.2, 0.25) is 0 Å². The first kappa shape index (κ1) is 26.1. The average Bonchev–Trinajstić information content (AvgIpc) is 2.94. The summed E-state index contributed by atoms with van der Waals surface area (Å²) in [7, 11) is 3.07. The van der Waals surface area contributed by atoms with Gasteiger partial charge >= 0.3 is 0 Å². The van der Waals surface area contributed by atoms with Crippen LogP contribution < -0.4 is 26.5 Å². The fraction of sp³-hybridized carbons (Fsp3) is 0.200. The van der Waals surface area contributed by atoms with Crippen LogP contribution in [0.25, 0.3) is 0 Å². The highest BCUT2D eigenvalue weighted by molar-refractivity contribution is 7.55. The lowest BCUT2D eigenvalue weighted by Crippen LogP contribution is -2.65. The highest BCUT2D eigenvalue weighted by Crippen LogP contribution is 2.49. The molecule has 0 aliphatic carbocycles. The summed E-state index contributed by atoms with van der Waals surface area (Å²) in [4.78, 5) is 2.87. The van der Waals surface area contributed by atoms with Crippen LogP contribution in [0.1, 0.15) is 0 Å². The Bertz CT molecular complexity index is 1180.